The van der Waals surface area contributed by atoms with Crippen molar-refractivity contribution in [2.24, 2.45) is 0 Å². The molecular weight excluding hydrogens is 863 g/mol. The molecule has 2 aliphatic rings. The summed E-state index contributed by atoms with van der Waals surface area (Å²) in [4.78, 5) is 0. The summed E-state index contributed by atoms with van der Waals surface area (Å²) in [7, 11) is 0. The molecule has 1 nitrogen and oxygen atoms in total. The zero-order valence-corrected chi connectivity index (χ0v) is 38.6. The van der Waals surface area contributed by atoms with Gasteiger partial charge in [-0.3, -0.25) is 0 Å². The minimum Gasteiger partial charge on any atom is -0.192 e. The van der Waals surface area contributed by atoms with Gasteiger partial charge in [0.15, 0.2) is 0 Å². The molecule has 0 aliphatic heterocycles. The highest BCUT2D eigenvalue weighted by molar-refractivity contribution is 7.26. The molecule has 0 saturated heterocycles. The Hall–Kier alpha value is -8.87. The van der Waals surface area contributed by atoms with Gasteiger partial charge in [0.05, 0.1) is 11.6 Å². The third kappa shape index (κ3) is 6.16. The lowest BCUT2D eigenvalue weighted by Gasteiger charge is -2.25. The third-order valence-electron chi connectivity index (χ3n) is 14.6. The zero-order chi connectivity index (χ0) is 49.0. The Bertz CT molecular complexity index is 4330. The van der Waals surface area contributed by atoms with Crippen LogP contribution in [0.15, 0.2) is 231 Å². The van der Waals surface area contributed by atoms with E-state index >= 15 is 0 Å². The van der Waals surface area contributed by atoms with Crippen LogP contribution in [0.1, 0.15) is 15.2 Å². The standard InChI is InChI=1S/C68H41NS/c1-41-46(43-29-33-57-53-18-5-4-16-51(53)49-14-2-3-15-50(49)52-17-6-7-19-54(52)64(57)37-43)23-12-24-47(41)44-30-34-59-58-35-31-45(48-25-13-26-62-61-22-10-11-27-67(61)70-68(48)62)39-65(58)56-21-9-8-20-55(56)63-36-42(40-69)28-32-60(63)66(59)38-44/h2-39H,1H3/i1D3. The fourth-order valence-electron chi connectivity index (χ4n) is 11.4. The number of hydrogen-bond donors (Lipinski definition) is 0. The molecule has 0 spiro atoms. The van der Waals surface area contributed by atoms with E-state index in [1.165, 1.54) is 31.3 Å². The summed E-state index contributed by atoms with van der Waals surface area (Å²) >= 11 is 1.83. The first kappa shape index (κ1) is 37.2. The van der Waals surface area contributed by atoms with Gasteiger partial charge in [0.1, 0.15) is 0 Å². The minimum atomic E-state index is -2.47. The van der Waals surface area contributed by atoms with Crippen LogP contribution in [-0.2, 0) is 0 Å². The quantitative estimate of drug-likeness (QED) is 0.173. The van der Waals surface area contributed by atoms with Gasteiger partial charge >= 0.3 is 0 Å². The van der Waals surface area contributed by atoms with E-state index in [9.17, 15) is 9.37 Å². The lowest BCUT2D eigenvalue weighted by molar-refractivity contribution is 1.44. The molecule has 1 heterocycles. The number of nitriles is 1. The van der Waals surface area contributed by atoms with Crippen LogP contribution in [0, 0.1) is 18.2 Å². The average molecular weight is 907 g/mol. The number of benzene rings is 11. The van der Waals surface area contributed by atoms with Crippen molar-refractivity contribution in [3.63, 3.8) is 0 Å². The SMILES string of the molecule is [2H]C([2H])([2H])c1c(-c2ccc3c(c2)-c2ccccc2-c2ccccc2-c2ccccc2-3)cccc1-c1ccc2c(c1)-c1ccc(C#N)cc1-c1ccccc1-c1cc(-c3cccc4c3sc3ccccc34)ccc1-2. The van der Waals surface area contributed by atoms with Gasteiger partial charge in [-0.05, 0) is 171 Å². The Labute approximate surface area is 415 Å². The molecule has 11 aromatic carbocycles. The molecular formula is C68H41NS. The molecule has 70 heavy (non-hydrogen) atoms. The summed E-state index contributed by atoms with van der Waals surface area (Å²) in [5.41, 5.74) is 23.3. The van der Waals surface area contributed by atoms with Crippen LogP contribution in [0.25, 0.3) is 143 Å². The monoisotopic (exact) mass is 906 g/mol. The first-order chi connectivity index (χ1) is 35.8. The number of rotatable bonds is 3. The van der Waals surface area contributed by atoms with Crippen LogP contribution in [-0.4, -0.2) is 0 Å². The normalized spacial score (nSPS) is 12.6. The van der Waals surface area contributed by atoms with E-state index in [0.29, 0.717) is 22.3 Å². The van der Waals surface area contributed by atoms with Crippen molar-refractivity contribution < 1.29 is 4.11 Å². The molecule has 2 heteroatoms. The summed E-state index contributed by atoms with van der Waals surface area (Å²) in [6.45, 7) is -2.47. The van der Waals surface area contributed by atoms with Crippen LogP contribution >= 0.6 is 11.3 Å². The van der Waals surface area contributed by atoms with Crippen molar-refractivity contribution in [3.8, 4) is 128 Å². The van der Waals surface area contributed by atoms with Gasteiger partial charge in [-0.1, -0.05) is 194 Å². The molecule has 14 rings (SSSR count). The predicted molar refractivity (Wildman–Crippen MR) is 296 cm³/mol. The predicted octanol–water partition coefficient (Wildman–Crippen LogP) is 19.2. The van der Waals surface area contributed by atoms with Crippen molar-refractivity contribution in [1.29, 1.82) is 5.26 Å². The maximum absolute atomic E-state index is 10.3. The van der Waals surface area contributed by atoms with E-state index in [4.69, 9.17) is 0 Å². The summed E-state index contributed by atoms with van der Waals surface area (Å²) in [6.07, 6.45) is 0. The first-order valence-corrected chi connectivity index (χ1v) is 24.5. The Balaban J connectivity index is 0.972. The number of hydrogen-bond acceptors (Lipinski definition) is 2. The highest BCUT2D eigenvalue weighted by atomic mass is 32.1. The summed E-state index contributed by atoms with van der Waals surface area (Å²) < 4.78 is 30.3. The minimum absolute atomic E-state index is 0.302. The number of fused-ring (bicyclic) bond motifs is 19. The molecule has 2 aliphatic carbocycles. The van der Waals surface area contributed by atoms with Crippen LogP contribution in [0.5, 0.6) is 0 Å². The van der Waals surface area contributed by atoms with Crippen LogP contribution in [0.2, 0.25) is 0 Å². The molecule has 0 radical (unpaired) electrons. The fraction of sp³-hybridized carbons (Fsp3) is 0.0147. The number of thiophene rings is 1. The van der Waals surface area contributed by atoms with Crippen LogP contribution < -0.4 is 0 Å². The smallest absolute Gasteiger partial charge is 0.0991 e. The molecule has 1 aromatic heterocycles. The summed E-state index contributed by atoms with van der Waals surface area (Å²) in [6, 6.07) is 83.4. The first-order valence-electron chi connectivity index (χ1n) is 25.2. The van der Waals surface area contributed by atoms with Gasteiger partial charge in [0.25, 0.3) is 0 Å². The molecule has 324 valence electrons. The molecule has 12 aromatic rings. The van der Waals surface area contributed by atoms with Crippen LogP contribution in [0.3, 0.4) is 0 Å². The highest BCUT2D eigenvalue weighted by Gasteiger charge is 2.26. The van der Waals surface area contributed by atoms with Crippen molar-refractivity contribution in [1.82, 2.24) is 0 Å². The van der Waals surface area contributed by atoms with Crippen molar-refractivity contribution in [2.75, 3.05) is 0 Å². The molecule has 0 atom stereocenters. The van der Waals surface area contributed by atoms with E-state index in [0.717, 1.165) is 100 Å². The van der Waals surface area contributed by atoms with Gasteiger partial charge in [-0.25, -0.2) is 0 Å². The zero-order valence-electron chi connectivity index (χ0n) is 40.8. The Kier molecular flexibility index (Phi) is 8.42. The lowest BCUT2D eigenvalue weighted by atomic mass is 9.78. The highest BCUT2D eigenvalue weighted by Crippen LogP contribution is 2.52. The molecule has 0 bridgehead atoms. The van der Waals surface area contributed by atoms with E-state index in [1.807, 2.05) is 41.7 Å². The van der Waals surface area contributed by atoms with E-state index in [-0.39, 0.29) is 0 Å². The van der Waals surface area contributed by atoms with Gasteiger partial charge < -0.3 is 0 Å². The fourth-order valence-corrected chi connectivity index (χ4v) is 12.6. The van der Waals surface area contributed by atoms with E-state index < -0.39 is 6.85 Å². The van der Waals surface area contributed by atoms with Crippen molar-refractivity contribution in [3.05, 3.63) is 242 Å². The second-order valence-corrected chi connectivity index (χ2v) is 19.4. The molecule has 0 saturated carbocycles. The largest absolute Gasteiger partial charge is 0.192 e. The molecule has 0 fully saturated rings. The van der Waals surface area contributed by atoms with Gasteiger partial charge in [0.2, 0.25) is 0 Å². The number of nitrogens with zero attached hydrogens (tertiary/aromatic N) is 1. The Morgan fingerprint density at radius 2 is 0.657 bits per heavy atom. The van der Waals surface area contributed by atoms with Crippen LogP contribution in [0.4, 0.5) is 0 Å². The summed E-state index contributed by atoms with van der Waals surface area (Å²) in [5.74, 6) is 0. The van der Waals surface area contributed by atoms with E-state index in [2.05, 4.69) is 206 Å². The maximum Gasteiger partial charge on any atom is 0.0991 e. The lowest BCUT2D eigenvalue weighted by Crippen LogP contribution is -1.99. The van der Waals surface area contributed by atoms with Gasteiger partial charge in [-0.15, -0.1) is 11.3 Å². The Morgan fingerprint density at radius 1 is 0.314 bits per heavy atom. The second kappa shape index (κ2) is 15.9. The topological polar surface area (TPSA) is 23.8 Å². The molecule has 0 unspecified atom stereocenters. The van der Waals surface area contributed by atoms with Crippen molar-refractivity contribution in [2.45, 2.75) is 6.85 Å². The third-order valence-corrected chi connectivity index (χ3v) is 15.9. The molecule has 0 amide bonds. The second-order valence-electron chi connectivity index (χ2n) is 18.3. The van der Waals surface area contributed by atoms with Gasteiger partial charge in [-0.2, -0.15) is 5.26 Å². The average Bonchev–Trinajstić information content (AvgIpc) is 3.82. The van der Waals surface area contributed by atoms with Gasteiger partial charge in [0, 0.05) is 24.3 Å². The summed E-state index contributed by atoms with van der Waals surface area (Å²) in [5, 5.41) is 12.8. The maximum atomic E-state index is 10.3. The van der Waals surface area contributed by atoms with Crippen molar-refractivity contribution >= 4 is 31.5 Å². The Morgan fingerprint density at radius 3 is 1.14 bits per heavy atom. The molecule has 0 N–H and O–H groups in total. The van der Waals surface area contributed by atoms with E-state index in [1.54, 1.807) is 0 Å².